The summed E-state index contributed by atoms with van der Waals surface area (Å²) in [5.41, 5.74) is 1.42. The van der Waals surface area contributed by atoms with Crippen molar-refractivity contribution in [3.05, 3.63) is 31.1 Å². The van der Waals surface area contributed by atoms with Gasteiger partial charge in [0.05, 0.1) is 0 Å². The van der Waals surface area contributed by atoms with Crippen LogP contribution in [0.5, 0.6) is 0 Å². The van der Waals surface area contributed by atoms with E-state index in [0.717, 1.165) is 5.56 Å². The lowest BCUT2D eigenvalue weighted by Gasteiger charge is -1.94. The second-order valence-corrected chi connectivity index (χ2v) is 4.91. The van der Waals surface area contributed by atoms with Crippen LogP contribution >= 0.6 is 0 Å². The molecule has 17 heavy (non-hydrogen) atoms. The molecular weight excluding hydrogens is 246 g/mol. The largest absolute Gasteiger partial charge is 0.451 e. The maximum atomic E-state index is 10.6. The highest BCUT2D eigenvalue weighted by molar-refractivity contribution is 7.85. The molecule has 0 aliphatic carbocycles. The van der Waals surface area contributed by atoms with E-state index in [1.54, 1.807) is 18.5 Å². The Kier molecular flexibility index (Phi) is 3.16. The molecule has 0 unspecified atom stereocenters. The summed E-state index contributed by atoms with van der Waals surface area (Å²) in [4.78, 5) is 3.95. The highest BCUT2D eigenvalue weighted by Crippen LogP contribution is 2.12. The highest BCUT2D eigenvalue weighted by atomic mass is 32.2. The van der Waals surface area contributed by atoms with Gasteiger partial charge in [-0.15, -0.1) is 0 Å². The Bertz CT molecular complexity index is 577. The molecule has 90 valence electrons. The van der Waals surface area contributed by atoms with Crippen LogP contribution < -0.4 is 4.68 Å². The lowest BCUT2D eigenvalue weighted by atomic mass is 10.2. The topological polar surface area (TPSA) is 97.2 Å². The molecule has 0 fully saturated rings. The third kappa shape index (κ3) is 3.33. The van der Waals surface area contributed by atoms with Gasteiger partial charge in [0, 0.05) is 11.6 Å². The fraction of sp³-hybridized carbons (Fsp3) is 0.222. The molecule has 2 aromatic heterocycles. The Morgan fingerprint density at radius 1 is 1.47 bits per heavy atom. The van der Waals surface area contributed by atoms with Gasteiger partial charge in [0.15, 0.2) is 19.1 Å². The van der Waals surface area contributed by atoms with Gasteiger partial charge >= 0.3 is 0 Å². The van der Waals surface area contributed by atoms with Crippen LogP contribution in [-0.2, 0) is 16.7 Å². The van der Waals surface area contributed by atoms with Crippen molar-refractivity contribution in [2.24, 2.45) is 0 Å². The first-order valence-corrected chi connectivity index (χ1v) is 6.35. The zero-order valence-electron chi connectivity index (χ0n) is 8.72. The van der Waals surface area contributed by atoms with Gasteiger partial charge in [-0.2, -0.15) is 8.42 Å². The lowest BCUT2D eigenvalue weighted by molar-refractivity contribution is -0.750. The van der Waals surface area contributed by atoms with Crippen molar-refractivity contribution < 1.29 is 22.1 Å². The first-order chi connectivity index (χ1) is 8.04. The SMILES string of the molecule is O=S(=O)(O)CC[n+]1ccc(-c2cocn2)cn1. The van der Waals surface area contributed by atoms with Crippen LogP contribution in [0.25, 0.3) is 11.3 Å². The average Bonchev–Trinajstić information content (AvgIpc) is 2.79. The molecule has 7 nitrogen and oxygen atoms in total. The number of hydrogen-bond donors (Lipinski definition) is 1. The Morgan fingerprint density at radius 3 is 2.82 bits per heavy atom. The van der Waals surface area contributed by atoms with Crippen LogP contribution in [0.15, 0.2) is 35.5 Å². The fourth-order valence-electron chi connectivity index (χ4n) is 1.23. The van der Waals surface area contributed by atoms with Gasteiger partial charge in [0.1, 0.15) is 23.9 Å². The van der Waals surface area contributed by atoms with Crippen molar-refractivity contribution >= 4 is 10.1 Å². The average molecular weight is 256 g/mol. The second kappa shape index (κ2) is 4.60. The number of hydrogen-bond acceptors (Lipinski definition) is 5. The molecule has 0 saturated heterocycles. The molecule has 0 atom stereocenters. The molecule has 0 spiro atoms. The summed E-state index contributed by atoms with van der Waals surface area (Å²) in [7, 11) is -3.96. The van der Waals surface area contributed by atoms with Crippen molar-refractivity contribution in [2.45, 2.75) is 6.54 Å². The number of rotatable bonds is 4. The third-order valence-corrected chi connectivity index (χ3v) is 2.78. The van der Waals surface area contributed by atoms with Gasteiger partial charge < -0.3 is 4.42 Å². The minimum absolute atomic E-state index is 0.0952. The van der Waals surface area contributed by atoms with E-state index in [-0.39, 0.29) is 12.3 Å². The standard InChI is InChI=1S/C9H9N3O4S/c13-17(14,15)4-3-12-2-1-8(5-11-12)9-6-16-7-10-9/h1-2,5-7H,3-4H2/p+1. The van der Waals surface area contributed by atoms with Gasteiger partial charge in [0.2, 0.25) is 0 Å². The molecule has 0 bridgehead atoms. The zero-order chi connectivity index (χ0) is 12.3. The fourth-order valence-corrected chi connectivity index (χ4v) is 1.65. The van der Waals surface area contributed by atoms with E-state index >= 15 is 0 Å². The molecule has 2 rings (SSSR count). The molecule has 0 aromatic carbocycles. The number of aryl methyl sites for hydroxylation is 1. The summed E-state index contributed by atoms with van der Waals surface area (Å²) in [5.74, 6) is -0.367. The van der Waals surface area contributed by atoms with E-state index in [0.29, 0.717) is 5.69 Å². The Hall–Kier alpha value is -1.80. The van der Waals surface area contributed by atoms with Crippen LogP contribution in [-0.4, -0.2) is 28.8 Å². The van der Waals surface area contributed by atoms with Crippen molar-refractivity contribution in [3.8, 4) is 11.3 Å². The van der Waals surface area contributed by atoms with Crippen molar-refractivity contribution in [2.75, 3.05) is 5.75 Å². The van der Waals surface area contributed by atoms with E-state index in [1.165, 1.54) is 17.3 Å². The van der Waals surface area contributed by atoms with Crippen LogP contribution in [0.2, 0.25) is 0 Å². The molecular formula is C9H10N3O4S+. The predicted molar refractivity (Wildman–Crippen MR) is 56.3 cm³/mol. The van der Waals surface area contributed by atoms with Gasteiger partial charge in [-0.25, -0.2) is 4.98 Å². The molecule has 8 heteroatoms. The number of aromatic nitrogens is 3. The molecule has 1 N–H and O–H groups in total. The van der Waals surface area contributed by atoms with E-state index in [1.807, 2.05) is 0 Å². The van der Waals surface area contributed by atoms with Gasteiger partial charge in [-0.05, 0) is 5.10 Å². The summed E-state index contributed by atoms with van der Waals surface area (Å²) in [6.07, 6.45) is 5.95. The zero-order valence-corrected chi connectivity index (χ0v) is 9.54. The van der Waals surface area contributed by atoms with E-state index in [2.05, 4.69) is 10.1 Å². The first kappa shape index (κ1) is 11.7. The molecule has 0 aliphatic heterocycles. The number of oxazole rings is 1. The van der Waals surface area contributed by atoms with Crippen LogP contribution in [0.3, 0.4) is 0 Å². The van der Waals surface area contributed by atoms with Gasteiger partial charge in [0.25, 0.3) is 10.1 Å². The first-order valence-electron chi connectivity index (χ1n) is 4.74. The Balaban J connectivity index is 2.09. The van der Waals surface area contributed by atoms with Crippen LogP contribution in [0.1, 0.15) is 0 Å². The summed E-state index contributed by atoms with van der Waals surface area (Å²) >= 11 is 0. The van der Waals surface area contributed by atoms with E-state index in [4.69, 9.17) is 8.97 Å². The van der Waals surface area contributed by atoms with Crippen molar-refractivity contribution in [3.63, 3.8) is 0 Å². The minimum atomic E-state index is -3.96. The second-order valence-electron chi connectivity index (χ2n) is 3.34. The van der Waals surface area contributed by atoms with E-state index < -0.39 is 10.1 Å². The van der Waals surface area contributed by atoms with Crippen LogP contribution in [0.4, 0.5) is 0 Å². The Morgan fingerprint density at radius 2 is 2.29 bits per heavy atom. The van der Waals surface area contributed by atoms with E-state index in [9.17, 15) is 8.42 Å². The normalized spacial score (nSPS) is 11.6. The summed E-state index contributed by atoms with van der Waals surface area (Å²) in [6, 6.07) is 1.73. The smallest absolute Gasteiger partial charge is 0.271 e. The molecule has 2 heterocycles. The predicted octanol–water partition coefficient (Wildman–Crippen LogP) is -0.0881. The molecule has 0 saturated carbocycles. The molecule has 0 amide bonds. The molecule has 0 aliphatic rings. The highest BCUT2D eigenvalue weighted by Gasteiger charge is 2.11. The Labute approximate surface area is 97.5 Å². The van der Waals surface area contributed by atoms with Gasteiger partial charge in [-0.3, -0.25) is 4.55 Å². The van der Waals surface area contributed by atoms with Gasteiger partial charge in [-0.1, -0.05) is 4.68 Å². The third-order valence-electron chi connectivity index (χ3n) is 2.08. The van der Waals surface area contributed by atoms with Crippen LogP contribution in [0, 0.1) is 0 Å². The summed E-state index contributed by atoms with van der Waals surface area (Å²) in [5, 5.41) is 4.00. The summed E-state index contributed by atoms with van der Waals surface area (Å²) in [6.45, 7) is 0.0952. The van der Waals surface area contributed by atoms with Crippen molar-refractivity contribution in [1.82, 2.24) is 10.1 Å². The summed E-state index contributed by atoms with van der Waals surface area (Å²) < 4.78 is 35.9. The monoisotopic (exact) mass is 256 g/mol. The molecule has 2 aromatic rings. The maximum absolute atomic E-state index is 10.6. The molecule has 0 radical (unpaired) electrons. The lowest BCUT2D eigenvalue weighted by Crippen LogP contribution is -2.40. The quantitative estimate of drug-likeness (QED) is 0.606. The minimum Gasteiger partial charge on any atom is -0.451 e. The van der Waals surface area contributed by atoms with Crippen molar-refractivity contribution in [1.29, 1.82) is 0 Å². The number of nitrogens with zero attached hydrogens (tertiary/aromatic N) is 3. The maximum Gasteiger partial charge on any atom is 0.271 e.